The van der Waals surface area contributed by atoms with Crippen LogP contribution in [0.3, 0.4) is 0 Å². The zero-order valence-electron chi connectivity index (χ0n) is 31.0. The van der Waals surface area contributed by atoms with E-state index < -0.39 is 51.1 Å². The number of unbranched alkanes of at least 4 members (excludes halogenated alkanes) is 15. The van der Waals surface area contributed by atoms with Crippen LogP contribution < -0.4 is 5.73 Å². The predicted octanol–water partition coefficient (Wildman–Crippen LogP) is 9.28. The van der Waals surface area contributed by atoms with E-state index in [-0.39, 0.29) is 19.4 Å². The highest BCUT2D eigenvalue weighted by Crippen LogP contribution is 2.43. The molecule has 1 unspecified atom stereocenters. The Morgan fingerprint density at radius 2 is 1.12 bits per heavy atom. The molecule has 0 aromatic carbocycles. The molecule has 4 N–H and O–H groups in total. The van der Waals surface area contributed by atoms with E-state index >= 15 is 0 Å². The maximum absolute atomic E-state index is 12.5. The summed E-state index contributed by atoms with van der Waals surface area (Å²) < 4.78 is 32.5. The molecule has 0 saturated heterocycles. The van der Waals surface area contributed by atoms with Gasteiger partial charge in [0.2, 0.25) is 0 Å². The Balaban J connectivity index is 4.47. The third kappa shape index (κ3) is 32.9. The van der Waals surface area contributed by atoms with Gasteiger partial charge in [0, 0.05) is 12.8 Å². The Morgan fingerprint density at radius 1 is 0.640 bits per heavy atom. The molecule has 12 heteroatoms. The van der Waals surface area contributed by atoms with E-state index in [1.54, 1.807) is 0 Å². The summed E-state index contributed by atoms with van der Waals surface area (Å²) in [6.45, 7) is 2.64. The van der Waals surface area contributed by atoms with Crippen molar-refractivity contribution in [3.05, 3.63) is 36.5 Å². The van der Waals surface area contributed by atoms with Crippen LogP contribution in [-0.4, -0.2) is 59.9 Å². The Labute approximate surface area is 302 Å². The van der Waals surface area contributed by atoms with Crippen molar-refractivity contribution in [3.8, 4) is 0 Å². The van der Waals surface area contributed by atoms with Gasteiger partial charge in [0.1, 0.15) is 12.6 Å². The number of allylic oxidation sites excluding steroid dienone is 6. The summed E-state index contributed by atoms with van der Waals surface area (Å²) in [5, 5.41) is 8.85. The number of hydrogen-bond donors (Lipinski definition) is 3. The van der Waals surface area contributed by atoms with Gasteiger partial charge in [-0.2, -0.15) is 0 Å². The fourth-order valence-electron chi connectivity index (χ4n) is 4.90. The molecule has 290 valence electrons. The molecule has 0 radical (unpaired) electrons. The number of rotatable bonds is 35. The second-order valence-electron chi connectivity index (χ2n) is 12.7. The van der Waals surface area contributed by atoms with Gasteiger partial charge in [-0.15, -0.1) is 0 Å². The molecular formula is C38H68NO10P. The van der Waals surface area contributed by atoms with Gasteiger partial charge in [-0.25, -0.2) is 4.57 Å². The minimum absolute atomic E-state index is 0.142. The van der Waals surface area contributed by atoms with Gasteiger partial charge < -0.3 is 25.2 Å². The van der Waals surface area contributed by atoms with Crippen molar-refractivity contribution in [2.45, 2.75) is 167 Å². The lowest BCUT2D eigenvalue weighted by Gasteiger charge is -2.20. The van der Waals surface area contributed by atoms with Gasteiger partial charge in [0.15, 0.2) is 6.10 Å². The summed E-state index contributed by atoms with van der Waals surface area (Å²) >= 11 is 0. The van der Waals surface area contributed by atoms with E-state index in [0.717, 1.165) is 70.6 Å². The van der Waals surface area contributed by atoms with Crippen LogP contribution in [0.4, 0.5) is 0 Å². The minimum atomic E-state index is -4.71. The maximum atomic E-state index is 12.5. The monoisotopic (exact) mass is 729 g/mol. The number of aliphatic carboxylic acids is 1. The van der Waals surface area contributed by atoms with Crippen molar-refractivity contribution >= 4 is 25.7 Å². The van der Waals surface area contributed by atoms with Gasteiger partial charge in [0.05, 0.1) is 13.2 Å². The first-order valence-corrected chi connectivity index (χ1v) is 20.5. The number of esters is 2. The molecular weight excluding hydrogens is 661 g/mol. The molecule has 0 bridgehead atoms. The molecule has 0 aliphatic rings. The molecule has 3 atom stereocenters. The predicted molar refractivity (Wildman–Crippen MR) is 199 cm³/mol. The van der Waals surface area contributed by atoms with Crippen molar-refractivity contribution < 1.29 is 47.5 Å². The minimum Gasteiger partial charge on any atom is -0.480 e. The molecule has 0 amide bonds. The number of phosphoric ester groups is 1. The van der Waals surface area contributed by atoms with Crippen molar-refractivity contribution in [2.75, 3.05) is 19.8 Å². The zero-order valence-corrected chi connectivity index (χ0v) is 31.9. The zero-order chi connectivity index (χ0) is 37.1. The van der Waals surface area contributed by atoms with Crippen molar-refractivity contribution in [1.82, 2.24) is 0 Å². The van der Waals surface area contributed by atoms with Gasteiger partial charge in [-0.1, -0.05) is 134 Å². The topological polar surface area (TPSA) is 172 Å². The summed E-state index contributed by atoms with van der Waals surface area (Å²) in [6.07, 6.45) is 33.6. The highest BCUT2D eigenvalue weighted by atomic mass is 31.2. The average Bonchev–Trinajstić information content (AvgIpc) is 3.09. The first-order chi connectivity index (χ1) is 24.1. The normalized spacial score (nSPS) is 14.3. The number of carboxylic acid groups (broad SMARTS) is 1. The van der Waals surface area contributed by atoms with E-state index in [4.69, 9.17) is 24.8 Å². The third-order valence-electron chi connectivity index (χ3n) is 7.90. The smallest absolute Gasteiger partial charge is 0.472 e. The summed E-state index contributed by atoms with van der Waals surface area (Å²) in [5.74, 6) is -2.40. The van der Waals surface area contributed by atoms with Crippen LogP contribution in [0.5, 0.6) is 0 Å². The van der Waals surface area contributed by atoms with Crippen LogP contribution in [0.1, 0.15) is 155 Å². The molecule has 0 aliphatic carbocycles. The molecule has 0 aromatic heterocycles. The third-order valence-corrected chi connectivity index (χ3v) is 8.85. The molecule has 0 rings (SSSR count). The first kappa shape index (κ1) is 47.7. The van der Waals surface area contributed by atoms with Crippen LogP contribution in [0.2, 0.25) is 0 Å². The number of carboxylic acids is 1. The molecule has 0 aliphatic heterocycles. The van der Waals surface area contributed by atoms with E-state index in [0.29, 0.717) is 12.8 Å². The van der Waals surface area contributed by atoms with E-state index in [9.17, 15) is 23.8 Å². The van der Waals surface area contributed by atoms with Crippen molar-refractivity contribution in [1.29, 1.82) is 0 Å². The number of ether oxygens (including phenoxy) is 2. The van der Waals surface area contributed by atoms with Gasteiger partial charge in [0.25, 0.3) is 0 Å². The van der Waals surface area contributed by atoms with E-state index in [1.807, 2.05) is 0 Å². The highest BCUT2D eigenvalue weighted by Gasteiger charge is 2.28. The molecule has 0 saturated carbocycles. The molecule has 50 heavy (non-hydrogen) atoms. The Morgan fingerprint density at radius 3 is 1.68 bits per heavy atom. The number of nitrogens with two attached hydrogens (primary N) is 1. The van der Waals surface area contributed by atoms with E-state index in [1.165, 1.54) is 44.9 Å². The van der Waals surface area contributed by atoms with Crippen LogP contribution in [0, 0.1) is 0 Å². The molecule has 11 nitrogen and oxygen atoms in total. The summed E-state index contributed by atoms with van der Waals surface area (Å²) in [4.78, 5) is 45.7. The fraction of sp³-hybridized carbons (Fsp3) is 0.763. The second kappa shape index (κ2) is 33.8. The maximum Gasteiger partial charge on any atom is 0.472 e. The Kier molecular flexibility index (Phi) is 32.3. The molecule has 0 aromatic rings. The molecule has 0 heterocycles. The van der Waals surface area contributed by atoms with Crippen molar-refractivity contribution in [2.24, 2.45) is 5.73 Å². The largest absolute Gasteiger partial charge is 0.480 e. The summed E-state index contributed by atoms with van der Waals surface area (Å²) in [5.41, 5.74) is 5.31. The van der Waals surface area contributed by atoms with Crippen LogP contribution in [0.15, 0.2) is 36.5 Å². The summed E-state index contributed by atoms with van der Waals surface area (Å²) in [6, 6.07) is -1.52. The van der Waals surface area contributed by atoms with Gasteiger partial charge in [-0.3, -0.25) is 23.4 Å². The summed E-state index contributed by atoms with van der Waals surface area (Å²) in [7, 11) is -4.71. The Bertz CT molecular complexity index is 1000. The van der Waals surface area contributed by atoms with Gasteiger partial charge >= 0.3 is 25.7 Å². The van der Waals surface area contributed by atoms with Crippen molar-refractivity contribution in [3.63, 3.8) is 0 Å². The number of hydrogen-bond acceptors (Lipinski definition) is 9. The van der Waals surface area contributed by atoms with Gasteiger partial charge in [-0.05, 0) is 44.9 Å². The lowest BCUT2D eigenvalue weighted by Crippen LogP contribution is -2.34. The quantitative estimate of drug-likeness (QED) is 0.0246. The SMILES string of the molecule is CCC=CCC=CCC=CCCCCCCCC(=O)O[C@H](COC(=O)CCCCCCCCCCCCC)COP(=O)(O)OC[C@H](N)C(=O)O. The average molecular weight is 730 g/mol. The number of phosphoric acid groups is 1. The van der Waals surface area contributed by atoms with Crippen LogP contribution in [0.25, 0.3) is 0 Å². The lowest BCUT2D eigenvalue weighted by molar-refractivity contribution is -0.161. The van der Waals surface area contributed by atoms with E-state index in [2.05, 4.69) is 54.8 Å². The second-order valence-corrected chi connectivity index (χ2v) is 14.1. The Hall–Kier alpha value is -2.30. The number of carbonyl (C=O) groups is 3. The molecule has 0 spiro atoms. The standard InChI is InChI=1S/C38H68NO10P/c1-3-5-7-9-11-13-15-16-17-18-20-22-24-26-28-30-37(41)49-34(32-47-50(44,45)48-33-35(39)38(42)43)31-46-36(40)29-27-25-23-21-19-14-12-10-8-6-4-2/h5,7,11,13,16-17,34-35H,3-4,6,8-10,12,14-15,18-33,39H2,1-2H3,(H,42,43)(H,44,45)/t34-,35+/m1/s1. The molecule has 0 fully saturated rings. The van der Waals surface area contributed by atoms with Crippen LogP contribution >= 0.6 is 7.82 Å². The number of carbonyl (C=O) groups excluding carboxylic acids is 2. The van der Waals surface area contributed by atoms with Crippen LogP contribution in [-0.2, 0) is 37.5 Å². The highest BCUT2D eigenvalue weighted by molar-refractivity contribution is 7.47. The first-order valence-electron chi connectivity index (χ1n) is 19.0. The lowest BCUT2D eigenvalue weighted by atomic mass is 10.1. The fourth-order valence-corrected chi connectivity index (χ4v) is 5.68.